The van der Waals surface area contributed by atoms with Crippen LogP contribution in [-0.4, -0.2) is 35.4 Å². The molecule has 2 aromatic rings. The molecule has 1 N–H and O–H groups in total. The van der Waals surface area contributed by atoms with Crippen molar-refractivity contribution in [3.63, 3.8) is 0 Å². The first-order chi connectivity index (χ1) is 12.5. The maximum Gasteiger partial charge on any atom is 0.343 e. The molecule has 1 amide bonds. The summed E-state index contributed by atoms with van der Waals surface area (Å²) in [6, 6.07) is 4.74. The van der Waals surface area contributed by atoms with Gasteiger partial charge in [0.05, 0.1) is 22.7 Å². The molecule has 1 aliphatic rings. The molecular formula is C17H17Cl2N3O4. The summed E-state index contributed by atoms with van der Waals surface area (Å²) < 4.78 is 12.0. The van der Waals surface area contributed by atoms with Gasteiger partial charge in [-0.1, -0.05) is 29.3 Å². The molecule has 0 radical (unpaired) electrons. The number of halogens is 2. The predicted octanol–water partition coefficient (Wildman–Crippen LogP) is 3.93. The van der Waals surface area contributed by atoms with Crippen LogP contribution in [0.2, 0.25) is 10.0 Å². The van der Waals surface area contributed by atoms with Crippen LogP contribution in [0.4, 0.5) is 5.82 Å². The quantitative estimate of drug-likeness (QED) is 0.790. The Labute approximate surface area is 160 Å². The monoisotopic (exact) mass is 397 g/mol. The average Bonchev–Trinajstić information content (AvgIpc) is 3.05. The Morgan fingerprint density at radius 3 is 2.65 bits per heavy atom. The molecule has 1 atom stereocenters. The molecular weight excluding hydrogens is 381 g/mol. The van der Waals surface area contributed by atoms with E-state index in [4.69, 9.17) is 32.7 Å². The number of aromatic nitrogens is 2. The molecule has 1 unspecified atom stereocenters. The van der Waals surface area contributed by atoms with Gasteiger partial charge in [0.1, 0.15) is 11.8 Å². The molecule has 0 spiro atoms. The van der Waals surface area contributed by atoms with Crippen LogP contribution in [0.3, 0.4) is 0 Å². The van der Waals surface area contributed by atoms with Crippen LogP contribution in [0.15, 0.2) is 24.4 Å². The van der Waals surface area contributed by atoms with Crippen LogP contribution < -0.4 is 5.32 Å². The van der Waals surface area contributed by atoms with Crippen LogP contribution in [-0.2, 0) is 9.47 Å². The van der Waals surface area contributed by atoms with Crippen molar-refractivity contribution in [2.75, 3.05) is 19.0 Å². The summed E-state index contributed by atoms with van der Waals surface area (Å²) in [7, 11) is 1.26. The standard InChI is InChI=1S/C17H17Cl2N3O4/c1-25-17(24)10-9-22(13-7-2-3-8-26-13)21-15(10)20-16(23)14-11(18)5-4-6-12(14)19/h4-6,9,13H,2-3,7-8H2,1H3,(H,20,21,23). The van der Waals surface area contributed by atoms with Gasteiger partial charge in [0.15, 0.2) is 5.82 Å². The highest BCUT2D eigenvalue weighted by Gasteiger charge is 2.25. The molecule has 2 heterocycles. The van der Waals surface area contributed by atoms with Gasteiger partial charge in [0.25, 0.3) is 5.91 Å². The van der Waals surface area contributed by atoms with Gasteiger partial charge in [-0.2, -0.15) is 5.10 Å². The molecule has 3 rings (SSSR count). The number of rotatable bonds is 4. The van der Waals surface area contributed by atoms with Gasteiger partial charge >= 0.3 is 5.97 Å². The fraction of sp³-hybridized carbons (Fsp3) is 0.353. The van der Waals surface area contributed by atoms with Gasteiger partial charge in [-0.05, 0) is 31.4 Å². The Balaban J connectivity index is 1.91. The molecule has 0 saturated carbocycles. The minimum absolute atomic E-state index is 0.0620. The SMILES string of the molecule is COC(=O)c1cn(C2CCCCO2)nc1NC(=O)c1c(Cl)cccc1Cl. The largest absolute Gasteiger partial charge is 0.465 e. The van der Waals surface area contributed by atoms with E-state index in [0.717, 1.165) is 19.3 Å². The third kappa shape index (κ3) is 3.85. The van der Waals surface area contributed by atoms with E-state index in [0.29, 0.717) is 6.61 Å². The number of carbonyl (C=O) groups excluding carboxylic acids is 2. The van der Waals surface area contributed by atoms with Crippen LogP contribution in [0, 0.1) is 0 Å². The van der Waals surface area contributed by atoms with Crippen LogP contribution >= 0.6 is 23.2 Å². The first-order valence-corrected chi connectivity index (χ1v) is 8.81. The maximum atomic E-state index is 12.6. The molecule has 0 bridgehead atoms. The Bertz CT molecular complexity index is 811. The minimum atomic E-state index is -0.618. The Kier molecular flexibility index (Phi) is 5.80. The molecule has 1 aromatic carbocycles. The first-order valence-electron chi connectivity index (χ1n) is 8.05. The number of amides is 1. The fourth-order valence-corrected chi connectivity index (χ4v) is 3.28. The zero-order valence-electron chi connectivity index (χ0n) is 14.0. The van der Waals surface area contributed by atoms with Crippen molar-refractivity contribution >= 4 is 40.9 Å². The van der Waals surface area contributed by atoms with Crippen molar-refractivity contribution in [2.24, 2.45) is 0 Å². The van der Waals surface area contributed by atoms with Gasteiger partial charge in [-0.25, -0.2) is 9.48 Å². The Morgan fingerprint density at radius 1 is 1.31 bits per heavy atom. The Morgan fingerprint density at radius 2 is 2.04 bits per heavy atom. The zero-order valence-corrected chi connectivity index (χ0v) is 15.5. The van der Waals surface area contributed by atoms with Crippen molar-refractivity contribution in [3.05, 3.63) is 45.6 Å². The lowest BCUT2D eigenvalue weighted by molar-refractivity contribution is -0.0393. The molecule has 138 valence electrons. The third-order valence-corrected chi connectivity index (χ3v) is 4.64. The zero-order chi connectivity index (χ0) is 18.7. The predicted molar refractivity (Wildman–Crippen MR) is 96.8 cm³/mol. The topological polar surface area (TPSA) is 82.4 Å². The lowest BCUT2D eigenvalue weighted by Gasteiger charge is -2.22. The van der Waals surface area contributed by atoms with E-state index in [-0.39, 0.29) is 33.2 Å². The number of nitrogens with zero attached hydrogens (tertiary/aromatic N) is 2. The van der Waals surface area contributed by atoms with Crippen molar-refractivity contribution in [3.8, 4) is 0 Å². The van der Waals surface area contributed by atoms with Gasteiger partial charge in [-0.15, -0.1) is 0 Å². The van der Waals surface area contributed by atoms with Gasteiger partial charge in [0, 0.05) is 12.8 Å². The molecule has 0 aliphatic carbocycles. The van der Waals surface area contributed by atoms with Crippen molar-refractivity contribution in [2.45, 2.75) is 25.5 Å². The number of methoxy groups -OCH3 is 1. The minimum Gasteiger partial charge on any atom is -0.465 e. The summed E-state index contributed by atoms with van der Waals surface area (Å²) in [4.78, 5) is 24.7. The maximum absolute atomic E-state index is 12.6. The number of hydrogen-bond acceptors (Lipinski definition) is 5. The molecule has 1 aliphatic heterocycles. The van der Waals surface area contributed by atoms with Crippen LogP contribution in [0.5, 0.6) is 0 Å². The molecule has 26 heavy (non-hydrogen) atoms. The number of hydrogen-bond donors (Lipinski definition) is 1. The van der Waals surface area contributed by atoms with Gasteiger partial charge in [0.2, 0.25) is 0 Å². The second kappa shape index (κ2) is 8.07. The summed E-state index contributed by atoms with van der Waals surface area (Å²) >= 11 is 12.1. The van der Waals surface area contributed by atoms with E-state index in [2.05, 4.69) is 10.4 Å². The molecule has 9 heteroatoms. The summed E-state index contributed by atoms with van der Waals surface area (Å²) in [6.07, 6.45) is 3.96. The first kappa shape index (κ1) is 18.7. The third-order valence-electron chi connectivity index (χ3n) is 4.01. The Hall–Kier alpha value is -2.09. The van der Waals surface area contributed by atoms with Crippen LogP contribution in [0.1, 0.15) is 46.2 Å². The lowest BCUT2D eigenvalue weighted by Crippen LogP contribution is -2.19. The second-order valence-corrected chi connectivity index (χ2v) is 6.55. The highest BCUT2D eigenvalue weighted by atomic mass is 35.5. The van der Waals surface area contributed by atoms with Crippen molar-refractivity contribution < 1.29 is 19.1 Å². The van der Waals surface area contributed by atoms with E-state index in [1.165, 1.54) is 18.0 Å². The van der Waals surface area contributed by atoms with E-state index >= 15 is 0 Å². The summed E-state index contributed by atoms with van der Waals surface area (Å²) in [5.74, 6) is -1.12. The molecule has 1 fully saturated rings. The number of carbonyl (C=O) groups is 2. The number of ether oxygens (including phenoxy) is 2. The normalized spacial score (nSPS) is 17.0. The van der Waals surface area contributed by atoms with E-state index in [9.17, 15) is 9.59 Å². The van der Waals surface area contributed by atoms with Crippen molar-refractivity contribution in [1.82, 2.24) is 9.78 Å². The molecule has 1 aromatic heterocycles. The molecule has 7 nitrogen and oxygen atoms in total. The number of esters is 1. The highest BCUT2D eigenvalue weighted by molar-refractivity contribution is 6.40. The summed E-state index contributed by atoms with van der Waals surface area (Å²) in [5.41, 5.74) is 0.230. The summed E-state index contributed by atoms with van der Waals surface area (Å²) in [6.45, 7) is 0.620. The number of benzene rings is 1. The van der Waals surface area contributed by atoms with Crippen molar-refractivity contribution in [1.29, 1.82) is 0 Å². The second-order valence-electron chi connectivity index (χ2n) is 5.73. The van der Waals surface area contributed by atoms with Gasteiger partial charge in [-0.3, -0.25) is 4.79 Å². The van der Waals surface area contributed by atoms with E-state index in [1.54, 1.807) is 18.2 Å². The lowest BCUT2D eigenvalue weighted by atomic mass is 10.2. The van der Waals surface area contributed by atoms with Crippen LogP contribution in [0.25, 0.3) is 0 Å². The van der Waals surface area contributed by atoms with E-state index < -0.39 is 11.9 Å². The van der Waals surface area contributed by atoms with Gasteiger partial charge < -0.3 is 14.8 Å². The smallest absolute Gasteiger partial charge is 0.343 e. The fourth-order valence-electron chi connectivity index (χ4n) is 2.71. The number of nitrogens with one attached hydrogen (secondary N) is 1. The van der Waals surface area contributed by atoms with E-state index in [1.807, 2.05) is 0 Å². The summed E-state index contributed by atoms with van der Waals surface area (Å²) in [5, 5.41) is 7.29. The average molecular weight is 398 g/mol. The molecule has 1 saturated heterocycles. The number of anilines is 1. The highest BCUT2D eigenvalue weighted by Crippen LogP contribution is 2.28.